The van der Waals surface area contributed by atoms with E-state index in [4.69, 9.17) is 5.41 Å². The first-order valence-corrected chi connectivity index (χ1v) is 13.3. The molecular weight excluding hydrogens is 476 g/mol. The van der Waals surface area contributed by atoms with Crippen molar-refractivity contribution in [2.24, 2.45) is 0 Å². The van der Waals surface area contributed by atoms with Gasteiger partial charge in [-0.3, -0.25) is 0 Å². The van der Waals surface area contributed by atoms with E-state index in [1.54, 1.807) is 0 Å². The number of nitrogens with zero attached hydrogens (tertiary/aromatic N) is 2. The van der Waals surface area contributed by atoms with Crippen molar-refractivity contribution in [3.05, 3.63) is 139 Å². The Kier molecular flexibility index (Phi) is 5.71. The Morgan fingerprint density at radius 2 is 1.51 bits per heavy atom. The number of fused-ring (bicyclic) bond motifs is 4. The molecule has 1 heterocycles. The summed E-state index contributed by atoms with van der Waals surface area (Å²) >= 11 is 0. The molecule has 39 heavy (non-hydrogen) atoms. The summed E-state index contributed by atoms with van der Waals surface area (Å²) in [7, 11) is 0. The molecule has 0 amide bonds. The quantitative estimate of drug-likeness (QED) is 0.222. The first kappa shape index (κ1) is 23.1. The van der Waals surface area contributed by atoms with Gasteiger partial charge >= 0.3 is 0 Å². The summed E-state index contributed by atoms with van der Waals surface area (Å²) in [4.78, 5) is 0. The molecule has 7 rings (SSSR count). The van der Waals surface area contributed by atoms with Gasteiger partial charge in [-0.1, -0.05) is 78.9 Å². The van der Waals surface area contributed by atoms with Crippen molar-refractivity contribution in [2.75, 3.05) is 10.3 Å². The van der Waals surface area contributed by atoms with Crippen LogP contribution in [0.2, 0.25) is 0 Å². The molecular formula is C35H28N4. The molecule has 6 aromatic rings. The third-order valence-electron chi connectivity index (χ3n) is 7.46. The smallest absolute Gasteiger partial charge is 0.0724 e. The molecule has 0 atom stereocenters. The van der Waals surface area contributed by atoms with Crippen LogP contribution >= 0.6 is 0 Å². The lowest BCUT2D eigenvalue weighted by Crippen LogP contribution is -2.24. The predicted molar refractivity (Wildman–Crippen MR) is 165 cm³/mol. The average molecular weight is 505 g/mol. The highest BCUT2D eigenvalue weighted by Gasteiger charge is 2.21. The molecule has 4 heteroatoms. The summed E-state index contributed by atoms with van der Waals surface area (Å²) in [6.07, 6.45) is 9.86. The molecule has 0 fully saturated rings. The first-order chi connectivity index (χ1) is 19.3. The van der Waals surface area contributed by atoms with E-state index in [2.05, 4.69) is 136 Å². The molecule has 188 valence electrons. The van der Waals surface area contributed by atoms with Crippen LogP contribution in [0.15, 0.2) is 133 Å². The molecule has 1 aromatic heterocycles. The standard InChI is InChI=1S/C35H28N4/c36-24-27-22-35-32(23-33(27)37-28-13-3-1-4-14-28)31-17-9-10-18-34(31)39(35)38(29-15-5-2-6-16-29)30-20-19-25-11-7-8-12-26(25)21-30/h1-3,5-13,15-24,36-37H,4,14H2. The van der Waals surface area contributed by atoms with E-state index in [1.807, 2.05) is 6.07 Å². The van der Waals surface area contributed by atoms with Crippen molar-refractivity contribution in [1.82, 2.24) is 4.68 Å². The minimum Gasteiger partial charge on any atom is -0.358 e. The third-order valence-corrected chi connectivity index (χ3v) is 7.46. The second-order valence-electron chi connectivity index (χ2n) is 9.89. The fraction of sp³-hybridized carbons (Fsp3) is 0.0571. The fourth-order valence-electron chi connectivity index (χ4n) is 5.59. The number of para-hydroxylation sites is 2. The van der Waals surface area contributed by atoms with Gasteiger partial charge in [0.15, 0.2) is 0 Å². The summed E-state index contributed by atoms with van der Waals surface area (Å²) in [5, 5.41) is 18.9. The van der Waals surface area contributed by atoms with Crippen LogP contribution in [0, 0.1) is 5.41 Å². The molecule has 0 radical (unpaired) electrons. The zero-order chi connectivity index (χ0) is 26.2. The number of aromatic nitrogens is 1. The zero-order valence-electron chi connectivity index (χ0n) is 21.5. The maximum absolute atomic E-state index is 8.29. The minimum atomic E-state index is 0.855. The number of nitrogens with one attached hydrogen (secondary N) is 2. The van der Waals surface area contributed by atoms with Gasteiger partial charge in [-0.15, -0.1) is 0 Å². The van der Waals surface area contributed by atoms with Crippen LogP contribution in [-0.4, -0.2) is 10.9 Å². The molecule has 0 aliphatic heterocycles. The van der Waals surface area contributed by atoms with Gasteiger partial charge in [-0.05, 0) is 72.2 Å². The van der Waals surface area contributed by atoms with Gasteiger partial charge in [-0.2, -0.15) is 0 Å². The second kappa shape index (κ2) is 9.66. The van der Waals surface area contributed by atoms with Crippen LogP contribution in [0.25, 0.3) is 32.6 Å². The van der Waals surface area contributed by atoms with Crippen LogP contribution in [0.5, 0.6) is 0 Å². The van der Waals surface area contributed by atoms with Gasteiger partial charge < -0.3 is 10.7 Å². The van der Waals surface area contributed by atoms with Crippen molar-refractivity contribution < 1.29 is 0 Å². The normalized spacial score (nSPS) is 13.1. The van der Waals surface area contributed by atoms with E-state index in [-0.39, 0.29) is 0 Å². The Bertz CT molecular complexity index is 1910. The number of hydrogen-bond acceptors (Lipinski definition) is 3. The Balaban J connectivity index is 1.51. The van der Waals surface area contributed by atoms with Crippen LogP contribution in [0.1, 0.15) is 18.4 Å². The predicted octanol–water partition coefficient (Wildman–Crippen LogP) is 9.19. The molecule has 1 aliphatic rings. The molecule has 0 spiro atoms. The van der Waals surface area contributed by atoms with Crippen molar-refractivity contribution in [1.29, 1.82) is 5.41 Å². The molecule has 5 aromatic carbocycles. The fourth-order valence-corrected chi connectivity index (χ4v) is 5.59. The number of hydrogen-bond donors (Lipinski definition) is 2. The lowest BCUT2D eigenvalue weighted by atomic mass is 10.1. The van der Waals surface area contributed by atoms with Crippen LogP contribution in [0.3, 0.4) is 0 Å². The van der Waals surface area contributed by atoms with Gasteiger partial charge in [0.05, 0.1) is 22.4 Å². The van der Waals surface area contributed by atoms with Gasteiger partial charge in [-0.25, -0.2) is 9.69 Å². The highest BCUT2D eigenvalue weighted by molar-refractivity contribution is 6.12. The maximum atomic E-state index is 8.29. The van der Waals surface area contributed by atoms with Crippen molar-refractivity contribution in [2.45, 2.75) is 12.8 Å². The maximum Gasteiger partial charge on any atom is 0.0724 e. The van der Waals surface area contributed by atoms with E-state index in [0.29, 0.717) is 0 Å². The van der Waals surface area contributed by atoms with Crippen molar-refractivity contribution >= 4 is 55.9 Å². The lowest BCUT2D eigenvalue weighted by molar-refractivity contribution is 0.887. The van der Waals surface area contributed by atoms with Gasteiger partial charge in [0.25, 0.3) is 0 Å². The Labute approximate surface area is 227 Å². The summed E-state index contributed by atoms with van der Waals surface area (Å²) in [5.74, 6) is 0. The van der Waals surface area contributed by atoms with E-state index in [9.17, 15) is 0 Å². The van der Waals surface area contributed by atoms with Crippen molar-refractivity contribution in [3.63, 3.8) is 0 Å². The Morgan fingerprint density at radius 3 is 2.33 bits per heavy atom. The lowest BCUT2D eigenvalue weighted by Gasteiger charge is -2.28. The van der Waals surface area contributed by atoms with Crippen LogP contribution < -0.4 is 10.3 Å². The monoisotopic (exact) mass is 504 g/mol. The van der Waals surface area contributed by atoms with E-state index < -0.39 is 0 Å². The Morgan fingerprint density at radius 1 is 0.718 bits per heavy atom. The number of rotatable bonds is 6. The first-order valence-electron chi connectivity index (χ1n) is 13.3. The number of anilines is 3. The second-order valence-corrected chi connectivity index (χ2v) is 9.89. The Hall–Kier alpha value is -5.09. The number of benzene rings is 5. The van der Waals surface area contributed by atoms with Gasteiger partial charge in [0.2, 0.25) is 0 Å². The van der Waals surface area contributed by atoms with Crippen LogP contribution in [-0.2, 0) is 0 Å². The number of allylic oxidation sites excluding steroid dienone is 4. The van der Waals surface area contributed by atoms with Gasteiger partial charge in [0, 0.05) is 33.9 Å². The SMILES string of the molecule is N=Cc1cc2c(cc1NC1=CC=CCC1)c1ccccc1n2N(c1ccccc1)c1ccc2ccccc2c1. The highest BCUT2D eigenvalue weighted by atomic mass is 15.6. The summed E-state index contributed by atoms with van der Waals surface area (Å²) in [5.41, 5.74) is 7.28. The summed E-state index contributed by atoms with van der Waals surface area (Å²) < 4.78 is 2.30. The van der Waals surface area contributed by atoms with E-state index in [0.717, 1.165) is 51.9 Å². The topological polar surface area (TPSA) is 44.1 Å². The molecule has 4 nitrogen and oxygen atoms in total. The molecule has 0 unspecified atom stereocenters. The van der Waals surface area contributed by atoms with E-state index >= 15 is 0 Å². The molecule has 1 aliphatic carbocycles. The van der Waals surface area contributed by atoms with Gasteiger partial charge in [0.1, 0.15) is 0 Å². The average Bonchev–Trinajstić information content (AvgIpc) is 3.31. The minimum absolute atomic E-state index is 0.855. The van der Waals surface area contributed by atoms with E-state index in [1.165, 1.54) is 28.1 Å². The highest BCUT2D eigenvalue weighted by Crippen LogP contribution is 2.38. The largest absolute Gasteiger partial charge is 0.358 e. The molecule has 0 saturated heterocycles. The summed E-state index contributed by atoms with van der Waals surface area (Å²) in [6, 6.07) is 38.5. The molecule has 0 bridgehead atoms. The molecule has 2 N–H and O–H groups in total. The van der Waals surface area contributed by atoms with Crippen LogP contribution in [0.4, 0.5) is 17.1 Å². The zero-order valence-corrected chi connectivity index (χ0v) is 21.5. The van der Waals surface area contributed by atoms with Crippen molar-refractivity contribution in [3.8, 4) is 0 Å². The summed E-state index contributed by atoms with van der Waals surface area (Å²) in [6.45, 7) is 0. The molecule has 0 saturated carbocycles. The third kappa shape index (κ3) is 4.07.